The van der Waals surface area contributed by atoms with Gasteiger partial charge in [-0.15, -0.1) is 0 Å². The highest BCUT2D eigenvalue weighted by atomic mass is 79.9. The SMILES string of the molecule is CCNC(CC1CCCCCC1)c1occc1Br. The largest absolute Gasteiger partial charge is 0.466 e. The van der Waals surface area contributed by atoms with E-state index < -0.39 is 0 Å². The van der Waals surface area contributed by atoms with Gasteiger partial charge in [0.1, 0.15) is 5.76 Å². The average Bonchev–Trinajstić information content (AvgIpc) is 2.63. The molecular weight excluding hydrogens is 290 g/mol. The van der Waals surface area contributed by atoms with Crippen molar-refractivity contribution in [3.63, 3.8) is 0 Å². The Labute approximate surface area is 119 Å². The fraction of sp³-hybridized carbons (Fsp3) is 0.733. The van der Waals surface area contributed by atoms with Gasteiger partial charge in [0.05, 0.1) is 16.8 Å². The van der Waals surface area contributed by atoms with Crippen molar-refractivity contribution in [3.05, 3.63) is 22.6 Å². The van der Waals surface area contributed by atoms with Gasteiger partial charge in [0.25, 0.3) is 0 Å². The van der Waals surface area contributed by atoms with Crippen molar-refractivity contribution in [2.45, 2.75) is 57.9 Å². The van der Waals surface area contributed by atoms with Gasteiger partial charge in [-0.05, 0) is 40.9 Å². The summed E-state index contributed by atoms with van der Waals surface area (Å²) in [5.41, 5.74) is 0. The zero-order valence-corrected chi connectivity index (χ0v) is 12.8. The fourth-order valence-electron chi connectivity index (χ4n) is 3.02. The first-order valence-corrected chi connectivity index (χ1v) is 8.06. The topological polar surface area (TPSA) is 25.2 Å². The smallest absolute Gasteiger partial charge is 0.134 e. The molecule has 2 rings (SSSR count). The zero-order valence-electron chi connectivity index (χ0n) is 11.3. The molecule has 0 radical (unpaired) electrons. The second-order valence-electron chi connectivity index (χ2n) is 5.34. The molecule has 1 aromatic rings. The van der Waals surface area contributed by atoms with Gasteiger partial charge in [-0.1, -0.05) is 45.4 Å². The summed E-state index contributed by atoms with van der Waals surface area (Å²) in [4.78, 5) is 0. The first-order chi connectivity index (χ1) is 8.81. The molecule has 1 N–H and O–H groups in total. The molecule has 1 heterocycles. The standard InChI is InChI=1S/C15H24BrNO/c1-2-17-14(15-13(16)9-10-18-15)11-12-7-5-3-4-6-8-12/h9-10,12,14,17H,2-8,11H2,1H3. The Kier molecular flexibility index (Phi) is 5.77. The van der Waals surface area contributed by atoms with E-state index in [1.807, 2.05) is 6.07 Å². The Hall–Kier alpha value is -0.280. The molecule has 3 heteroatoms. The van der Waals surface area contributed by atoms with E-state index in [0.717, 1.165) is 22.7 Å². The molecule has 0 spiro atoms. The molecule has 1 aliphatic rings. The molecule has 1 aliphatic carbocycles. The molecule has 0 aromatic carbocycles. The van der Waals surface area contributed by atoms with Crippen molar-refractivity contribution in [2.24, 2.45) is 5.92 Å². The quantitative estimate of drug-likeness (QED) is 0.769. The van der Waals surface area contributed by atoms with Crippen LogP contribution in [0.15, 0.2) is 21.2 Å². The molecule has 0 bridgehead atoms. The number of hydrogen-bond acceptors (Lipinski definition) is 2. The molecule has 0 aliphatic heterocycles. The minimum absolute atomic E-state index is 0.363. The van der Waals surface area contributed by atoms with Crippen LogP contribution in [0.2, 0.25) is 0 Å². The third kappa shape index (κ3) is 3.86. The maximum atomic E-state index is 5.64. The molecule has 1 atom stereocenters. The van der Waals surface area contributed by atoms with Crippen LogP contribution in [0.5, 0.6) is 0 Å². The lowest BCUT2D eigenvalue weighted by Crippen LogP contribution is -2.23. The monoisotopic (exact) mass is 313 g/mol. The molecule has 1 fully saturated rings. The molecule has 102 valence electrons. The summed E-state index contributed by atoms with van der Waals surface area (Å²) in [6, 6.07) is 2.36. The van der Waals surface area contributed by atoms with Gasteiger partial charge in [0, 0.05) is 0 Å². The molecular formula is C15H24BrNO. The van der Waals surface area contributed by atoms with Crippen LogP contribution < -0.4 is 5.32 Å². The predicted octanol–water partition coefficient (Wildman–Crippen LogP) is 5.05. The summed E-state index contributed by atoms with van der Waals surface area (Å²) in [5.74, 6) is 1.93. The van der Waals surface area contributed by atoms with Crippen molar-refractivity contribution in [1.82, 2.24) is 5.32 Å². The first-order valence-electron chi connectivity index (χ1n) is 7.27. The van der Waals surface area contributed by atoms with Gasteiger partial charge in [-0.3, -0.25) is 0 Å². The van der Waals surface area contributed by atoms with E-state index in [1.165, 1.54) is 44.9 Å². The molecule has 1 aromatic heterocycles. The molecule has 18 heavy (non-hydrogen) atoms. The molecule has 1 saturated carbocycles. The highest BCUT2D eigenvalue weighted by molar-refractivity contribution is 9.10. The van der Waals surface area contributed by atoms with E-state index in [0.29, 0.717) is 6.04 Å². The van der Waals surface area contributed by atoms with Gasteiger partial charge in [0.2, 0.25) is 0 Å². The van der Waals surface area contributed by atoms with Gasteiger partial charge in [-0.25, -0.2) is 0 Å². The van der Waals surface area contributed by atoms with Crippen LogP contribution in [0.25, 0.3) is 0 Å². The van der Waals surface area contributed by atoms with E-state index in [9.17, 15) is 0 Å². The maximum absolute atomic E-state index is 5.64. The molecule has 1 unspecified atom stereocenters. The number of rotatable bonds is 5. The number of furan rings is 1. The van der Waals surface area contributed by atoms with Crippen molar-refractivity contribution >= 4 is 15.9 Å². The highest BCUT2D eigenvalue weighted by Gasteiger charge is 2.22. The Bertz CT molecular complexity index is 342. The predicted molar refractivity (Wildman–Crippen MR) is 78.6 cm³/mol. The second-order valence-corrected chi connectivity index (χ2v) is 6.19. The average molecular weight is 314 g/mol. The Morgan fingerprint density at radius 3 is 2.61 bits per heavy atom. The van der Waals surface area contributed by atoms with E-state index in [-0.39, 0.29) is 0 Å². The Morgan fingerprint density at radius 2 is 2.06 bits per heavy atom. The molecule has 0 saturated heterocycles. The van der Waals surface area contributed by atoms with E-state index in [1.54, 1.807) is 6.26 Å². The van der Waals surface area contributed by atoms with Crippen molar-refractivity contribution < 1.29 is 4.42 Å². The first kappa shape index (κ1) is 14.1. The van der Waals surface area contributed by atoms with Gasteiger partial charge < -0.3 is 9.73 Å². The van der Waals surface area contributed by atoms with Gasteiger partial charge in [-0.2, -0.15) is 0 Å². The minimum atomic E-state index is 0.363. The zero-order chi connectivity index (χ0) is 12.8. The van der Waals surface area contributed by atoms with Crippen LogP contribution in [-0.4, -0.2) is 6.54 Å². The van der Waals surface area contributed by atoms with Crippen molar-refractivity contribution in [2.75, 3.05) is 6.54 Å². The number of nitrogens with one attached hydrogen (secondary N) is 1. The van der Waals surface area contributed by atoms with Crippen molar-refractivity contribution in [1.29, 1.82) is 0 Å². The minimum Gasteiger partial charge on any atom is -0.466 e. The summed E-state index contributed by atoms with van der Waals surface area (Å²) in [6.07, 6.45) is 11.4. The van der Waals surface area contributed by atoms with Gasteiger partial charge in [0.15, 0.2) is 0 Å². The van der Waals surface area contributed by atoms with E-state index in [4.69, 9.17) is 4.42 Å². The number of halogens is 1. The fourth-order valence-corrected chi connectivity index (χ4v) is 3.49. The second kappa shape index (κ2) is 7.34. The van der Waals surface area contributed by atoms with Crippen LogP contribution in [0.4, 0.5) is 0 Å². The lowest BCUT2D eigenvalue weighted by atomic mass is 9.91. The van der Waals surface area contributed by atoms with Crippen LogP contribution in [-0.2, 0) is 0 Å². The molecule has 0 amide bonds. The highest BCUT2D eigenvalue weighted by Crippen LogP contribution is 2.34. The normalized spacial score (nSPS) is 19.7. The lowest BCUT2D eigenvalue weighted by Gasteiger charge is -2.22. The van der Waals surface area contributed by atoms with Crippen LogP contribution in [0.3, 0.4) is 0 Å². The third-order valence-electron chi connectivity index (χ3n) is 3.96. The Balaban J connectivity index is 1.99. The summed E-state index contributed by atoms with van der Waals surface area (Å²) >= 11 is 3.58. The van der Waals surface area contributed by atoms with Crippen molar-refractivity contribution in [3.8, 4) is 0 Å². The summed E-state index contributed by atoms with van der Waals surface area (Å²) < 4.78 is 6.74. The van der Waals surface area contributed by atoms with E-state index in [2.05, 4.69) is 28.2 Å². The third-order valence-corrected chi connectivity index (χ3v) is 4.61. The van der Waals surface area contributed by atoms with E-state index >= 15 is 0 Å². The van der Waals surface area contributed by atoms with Crippen LogP contribution in [0.1, 0.15) is 63.7 Å². The summed E-state index contributed by atoms with van der Waals surface area (Å²) in [5, 5.41) is 3.57. The lowest BCUT2D eigenvalue weighted by molar-refractivity contribution is 0.321. The van der Waals surface area contributed by atoms with Crippen LogP contribution >= 0.6 is 15.9 Å². The van der Waals surface area contributed by atoms with Gasteiger partial charge >= 0.3 is 0 Å². The maximum Gasteiger partial charge on any atom is 0.134 e. The summed E-state index contributed by atoms with van der Waals surface area (Å²) in [6.45, 7) is 3.15. The summed E-state index contributed by atoms with van der Waals surface area (Å²) in [7, 11) is 0. The number of hydrogen-bond donors (Lipinski definition) is 1. The molecule has 2 nitrogen and oxygen atoms in total. The Morgan fingerprint density at radius 1 is 1.33 bits per heavy atom. The van der Waals surface area contributed by atoms with Crippen LogP contribution in [0, 0.1) is 5.92 Å².